The van der Waals surface area contributed by atoms with Crippen LogP contribution in [-0.2, 0) is 4.20 Å². The van der Waals surface area contributed by atoms with Crippen molar-refractivity contribution in [3.05, 3.63) is 30.6 Å². The van der Waals surface area contributed by atoms with Gasteiger partial charge in [-0.3, -0.25) is 0 Å². The van der Waals surface area contributed by atoms with Gasteiger partial charge in [-0.1, -0.05) is 44.7 Å². The van der Waals surface area contributed by atoms with Crippen molar-refractivity contribution in [1.29, 1.82) is 0 Å². The fourth-order valence-electron chi connectivity index (χ4n) is 1.18. The van der Waals surface area contributed by atoms with Gasteiger partial charge in [0.2, 0.25) is 0 Å². The highest BCUT2D eigenvalue weighted by molar-refractivity contribution is 7.99. The van der Waals surface area contributed by atoms with Gasteiger partial charge in [0.25, 0.3) is 4.20 Å². The molecule has 1 heterocycles. The molecule has 0 bridgehead atoms. The summed E-state index contributed by atoms with van der Waals surface area (Å²) in [5.74, 6) is 0. The van der Waals surface area contributed by atoms with E-state index in [1.807, 2.05) is 35.2 Å². The van der Waals surface area contributed by atoms with Crippen molar-refractivity contribution in [2.45, 2.75) is 30.4 Å². The molecule has 0 fully saturated rings. The summed E-state index contributed by atoms with van der Waals surface area (Å²) < 4.78 is 1.67. The molecular formula is C10H16ClNS2. The summed E-state index contributed by atoms with van der Waals surface area (Å²) in [4.78, 5) is 0. The molecule has 0 aliphatic carbocycles. The summed E-state index contributed by atoms with van der Waals surface area (Å²) in [6, 6.07) is 5.98. The van der Waals surface area contributed by atoms with Gasteiger partial charge in [-0.05, 0) is 6.42 Å². The third kappa shape index (κ3) is 4.11. The fourth-order valence-corrected chi connectivity index (χ4v) is 1.76. The molecule has 0 saturated carbocycles. The van der Waals surface area contributed by atoms with E-state index < -0.39 is 0 Å². The fraction of sp³-hybridized carbons (Fsp3) is 0.500. The van der Waals surface area contributed by atoms with Gasteiger partial charge in [0.05, 0.1) is 0 Å². The van der Waals surface area contributed by atoms with Gasteiger partial charge in [-0.25, -0.2) is 0 Å². The van der Waals surface area contributed by atoms with Crippen molar-refractivity contribution >= 4 is 25.3 Å². The zero-order chi connectivity index (χ0) is 9.73. The average molecular weight is 250 g/mol. The van der Waals surface area contributed by atoms with Crippen LogP contribution in [0.4, 0.5) is 0 Å². The lowest BCUT2D eigenvalue weighted by atomic mass is 10.2. The molecule has 4 heteroatoms. The van der Waals surface area contributed by atoms with E-state index >= 15 is 0 Å². The molecule has 0 spiro atoms. The van der Waals surface area contributed by atoms with Crippen LogP contribution in [-0.4, -0.2) is 0 Å². The Labute approximate surface area is 103 Å². The number of rotatable bonds is 4. The normalized spacial score (nSPS) is 10.8. The van der Waals surface area contributed by atoms with Crippen molar-refractivity contribution in [2.24, 2.45) is 0 Å². The molecule has 0 aromatic carbocycles. The zero-order valence-electron chi connectivity index (χ0n) is 8.23. The van der Waals surface area contributed by atoms with E-state index in [4.69, 9.17) is 0 Å². The van der Waals surface area contributed by atoms with Gasteiger partial charge in [0.1, 0.15) is 0 Å². The molecule has 0 aliphatic rings. The maximum atomic E-state index is 4.54. The van der Waals surface area contributed by atoms with Crippen molar-refractivity contribution in [1.82, 2.24) is 0 Å². The molecule has 1 nitrogen and oxygen atoms in total. The van der Waals surface area contributed by atoms with Crippen molar-refractivity contribution in [3.63, 3.8) is 0 Å². The number of hydrogen-bond donors (Lipinski definition) is 2. The summed E-state index contributed by atoms with van der Waals surface area (Å²) in [6.07, 6.45) is 7.29. The molecular weight excluding hydrogens is 234 g/mol. The number of unbranched alkanes of at least 4 members (excludes halogenated alkanes) is 1. The zero-order valence-corrected chi connectivity index (χ0v) is 10.8. The number of hydrogen-bond acceptors (Lipinski definition) is 2. The Morgan fingerprint density at radius 1 is 1.14 bits per heavy atom. The third-order valence-electron chi connectivity index (χ3n) is 1.99. The molecule has 0 unspecified atom stereocenters. The van der Waals surface area contributed by atoms with Crippen LogP contribution in [0, 0.1) is 0 Å². The first kappa shape index (κ1) is 14.1. The van der Waals surface area contributed by atoms with Crippen LogP contribution in [0.5, 0.6) is 0 Å². The van der Waals surface area contributed by atoms with Gasteiger partial charge >= 0.3 is 0 Å². The second kappa shape index (κ2) is 6.59. The minimum Gasteiger partial charge on any atom is -1.00 e. The molecule has 0 atom stereocenters. The Balaban J connectivity index is 0.00000169. The van der Waals surface area contributed by atoms with Crippen LogP contribution in [0.3, 0.4) is 0 Å². The molecule has 0 saturated heterocycles. The molecule has 0 N–H and O–H groups in total. The first-order valence-corrected chi connectivity index (χ1v) is 5.48. The number of nitrogens with zero attached hydrogens (tertiary/aromatic N) is 1. The lowest BCUT2D eigenvalue weighted by Gasteiger charge is -2.16. The smallest absolute Gasteiger partial charge is 0.254 e. The number of halogens is 1. The highest BCUT2D eigenvalue weighted by Gasteiger charge is 2.29. The summed E-state index contributed by atoms with van der Waals surface area (Å²) in [7, 11) is 0. The minimum absolute atomic E-state index is 0. The van der Waals surface area contributed by atoms with Gasteiger partial charge in [-0.15, -0.1) is 0 Å². The number of thiol groups is 2. The van der Waals surface area contributed by atoms with E-state index in [1.54, 1.807) is 0 Å². The third-order valence-corrected chi connectivity index (χ3v) is 2.90. The molecule has 80 valence electrons. The van der Waals surface area contributed by atoms with Crippen LogP contribution in [0.25, 0.3) is 0 Å². The Bertz CT molecular complexity index is 252. The number of aromatic nitrogens is 1. The van der Waals surface area contributed by atoms with E-state index in [0.717, 1.165) is 12.8 Å². The summed E-state index contributed by atoms with van der Waals surface area (Å²) >= 11 is 9.07. The van der Waals surface area contributed by atoms with Crippen molar-refractivity contribution in [2.75, 3.05) is 0 Å². The SMILES string of the molecule is CCCCC(S)(S)[n+]1ccccc1.[Cl-]. The van der Waals surface area contributed by atoms with E-state index in [0.29, 0.717) is 0 Å². The summed E-state index contributed by atoms with van der Waals surface area (Å²) in [6.45, 7) is 2.17. The Hall–Kier alpha value is 0.140. The maximum Gasteiger partial charge on any atom is 0.254 e. The Morgan fingerprint density at radius 3 is 2.21 bits per heavy atom. The lowest BCUT2D eigenvalue weighted by molar-refractivity contribution is -0.713. The molecule has 0 radical (unpaired) electrons. The van der Waals surface area contributed by atoms with E-state index in [2.05, 4.69) is 32.2 Å². The van der Waals surface area contributed by atoms with Crippen LogP contribution in [0.15, 0.2) is 30.6 Å². The Kier molecular flexibility index (Phi) is 6.66. The molecule has 0 amide bonds. The standard InChI is InChI=1S/C10H15NS2.ClH/c1-2-3-7-10(12,13)11-8-5-4-6-9-11;/h4-6,8-9H,2-3,7H2,1H3,(H-,12,13);1H. The monoisotopic (exact) mass is 249 g/mol. The average Bonchev–Trinajstić information content (AvgIpc) is 2.16. The largest absolute Gasteiger partial charge is 1.00 e. The predicted molar refractivity (Wildman–Crippen MR) is 62.1 cm³/mol. The van der Waals surface area contributed by atoms with Crippen LogP contribution >= 0.6 is 25.3 Å². The van der Waals surface area contributed by atoms with Crippen LogP contribution < -0.4 is 17.0 Å². The first-order valence-electron chi connectivity index (χ1n) is 4.58. The number of pyridine rings is 1. The molecule has 1 aromatic rings. The van der Waals surface area contributed by atoms with E-state index in [9.17, 15) is 0 Å². The summed E-state index contributed by atoms with van der Waals surface area (Å²) in [5.41, 5.74) is 0. The molecule has 14 heavy (non-hydrogen) atoms. The predicted octanol–water partition coefficient (Wildman–Crippen LogP) is -0.362. The molecule has 0 aliphatic heterocycles. The van der Waals surface area contributed by atoms with Gasteiger partial charge in [0, 0.05) is 18.6 Å². The van der Waals surface area contributed by atoms with Gasteiger partial charge < -0.3 is 12.4 Å². The quantitative estimate of drug-likeness (QED) is 0.408. The highest BCUT2D eigenvalue weighted by atomic mass is 35.5. The molecule has 1 aromatic heterocycles. The van der Waals surface area contributed by atoms with Crippen LogP contribution in [0.1, 0.15) is 26.2 Å². The Morgan fingerprint density at radius 2 is 1.71 bits per heavy atom. The topological polar surface area (TPSA) is 3.88 Å². The van der Waals surface area contributed by atoms with Gasteiger partial charge in [-0.2, -0.15) is 4.57 Å². The summed E-state index contributed by atoms with van der Waals surface area (Å²) in [5, 5.41) is 0. The van der Waals surface area contributed by atoms with E-state index in [1.165, 1.54) is 6.42 Å². The minimum atomic E-state index is -0.350. The van der Waals surface area contributed by atoms with E-state index in [-0.39, 0.29) is 16.6 Å². The molecule has 1 rings (SSSR count). The second-order valence-electron chi connectivity index (χ2n) is 3.16. The first-order chi connectivity index (χ1) is 6.17. The second-order valence-corrected chi connectivity index (χ2v) is 4.99. The van der Waals surface area contributed by atoms with Gasteiger partial charge in [0.15, 0.2) is 12.4 Å². The maximum absolute atomic E-state index is 4.54. The lowest BCUT2D eigenvalue weighted by Crippen LogP contribution is -3.00. The van der Waals surface area contributed by atoms with Crippen LogP contribution in [0.2, 0.25) is 0 Å². The van der Waals surface area contributed by atoms with Crippen molar-refractivity contribution < 1.29 is 17.0 Å². The van der Waals surface area contributed by atoms with Crippen molar-refractivity contribution in [3.8, 4) is 0 Å². The highest BCUT2D eigenvalue weighted by Crippen LogP contribution is 2.25.